The van der Waals surface area contributed by atoms with Crippen LogP contribution in [0.5, 0.6) is 5.75 Å². The number of ether oxygens (including phenoxy) is 1. The van der Waals surface area contributed by atoms with Crippen molar-refractivity contribution in [1.29, 1.82) is 0 Å². The average molecular weight is 563 g/mol. The van der Waals surface area contributed by atoms with E-state index in [1.54, 1.807) is 13.0 Å². The monoisotopic (exact) mass is 562 g/mol. The number of alkyl halides is 3. The number of allylic oxidation sites excluding steroid dienone is 1. The molecule has 0 unspecified atom stereocenters. The topological polar surface area (TPSA) is 119 Å². The number of thiocarbonyl (C=S) groups is 1. The molecule has 1 amide bonds. The Morgan fingerprint density at radius 2 is 1.95 bits per heavy atom. The Morgan fingerprint density at radius 3 is 2.54 bits per heavy atom. The molecule has 1 aliphatic heterocycles. The first kappa shape index (κ1) is 28.3. The van der Waals surface area contributed by atoms with Gasteiger partial charge in [-0.2, -0.15) is 13.2 Å². The lowest BCUT2D eigenvalue weighted by atomic mass is 10.0. The van der Waals surface area contributed by atoms with E-state index in [9.17, 15) is 18.0 Å². The molecule has 1 aromatic carbocycles. The molecule has 208 valence electrons. The summed E-state index contributed by atoms with van der Waals surface area (Å²) in [5, 5.41) is 6.94. The number of nitrogens with two attached hydrogens (primary N) is 1. The lowest BCUT2D eigenvalue weighted by molar-refractivity contribution is -0.140. The Bertz CT molecular complexity index is 1410. The third-order valence-electron chi connectivity index (χ3n) is 6.28. The molecule has 13 heteroatoms. The number of likely N-dealkylation sites (tertiary alicyclic amines) is 1. The van der Waals surface area contributed by atoms with E-state index < -0.39 is 23.8 Å². The standard InChI is InChI=1S/C26H29F3N6O3S/c1-13(2)31-25(39)35-11-9-15(10-12-35)32-23(36)21-22(14(3)30)38-24(34-21)17-5-7-18(37-4)20-16(17)6-8-19(33-20)26(27,28)29/h5-8,14-15H,1,9-12,30H2,2-4H3,(H,31,39)(H,32,36)/t14-/m0/s1. The number of nitrogens with zero attached hydrogens (tertiary/aromatic N) is 3. The molecular weight excluding hydrogens is 533 g/mol. The number of amides is 1. The highest BCUT2D eigenvalue weighted by Gasteiger charge is 2.33. The van der Waals surface area contributed by atoms with Crippen LogP contribution in [0.25, 0.3) is 22.4 Å². The SMILES string of the molecule is C=C(C)NC(=S)N1CCC(NC(=O)c2nc(-c3ccc(OC)c4nc(C(F)(F)F)ccc34)oc2[C@H](C)N)CC1. The molecule has 0 radical (unpaired) electrons. The van der Waals surface area contributed by atoms with Gasteiger partial charge in [-0.1, -0.05) is 6.58 Å². The predicted octanol–water partition coefficient (Wildman–Crippen LogP) is 4.54. The Labute approximate surface area is 228 Å². The fraction of sp³-hybridized carbons (Fsp3) is 0.385. The molecular formula is C26H29F3N6O3S. The molecule has 1 saturated heterocycles. The number of carbonyl (C=O) groups excluding carboxylic acids is 1. The van der Waals surface area contributed by atoms with Crippen LogP contribution in [0.1, 0.15) is 54.7 Å². The molecule has 0 saturated carbocycles. The first-order valence-electron chi connectivity index (χ1n) is 12.2. The number of hydrogen-bond acceptors (Lipinski definition) is 7. The van der Waals surface area contributed by atoms with Gasteiger partial charge in [-0.05, 0) is 63.2 Å². The molecule has 3 heterocycles. The summed E-state index contributed by atoms with van der Waals surface area (Å²) in [6.45, 7) is 8.58. The number of benzene rings is 1. The van der Waals surface area contributed by atoms with E-state index in [0.29, 0.717) is 42.0 Å². The van der Waals surface area contributed by atoms with Crippen molar-refractivity contribution in [3.63, 3.8) is 0 Å². The second-order valence-electron chi connectivity index (χ2n) is 9.37. The minimum absolute atomic E-state index is 0.0119. The second-order valence-corrected chi connectivity index (χ2v) is 9.76. The summed E-state index contributed by atoms with van der Waals surface area (Å²) in [7, 11) is 1.34. The summed E-state index contributed by atoms with van der Waals surface area (Å²) < 4.78 is 51.1. The van der Waals surface area contributed by atoms with Crippen LogP contribution in [0.3, 0.4) is 0 Å². The Morgan fingerprint density at radius 1 is 1.26 bits per heavy atom. The highest BCUT2D eigenvalue weighted by molar-refractivity contribution is 7.80. The summed E-state index contributed by atoms with van der Waals surface area (Å²) in [4.78, 5) is 23.5. The Balaban J connectivity index is 1.60. The maximum atomic E-state index is 13.3. The minimum atomic E-state index is -4.63. The molecule has 0 aliphatic carbocycles. The van der Waals surface area contributed by atoms with Crippen molar-refractivity contribution in [2.45, 2.75) is 44.9 Å². The van der Waals surface area contributed by atoms with Gasteiger partial charge in [0.25, 0.3) is 5.91 Å². The van der Waals surface area contributed by atoms with Gasteiger partial charge >= 0.3 is 6.18 Å². The molecule has 2 aromatic heterocycles. The third-order valence-corrected chi connectivity index (χ3v) is 6.64. The van der Waals surface area contributed by atoms with Crippen LogP contribution in [0.15, 0.2) is 41.0 Å². The number of hydrogen-bond donors (Lipinski definition) is 3. The number of aromatic nitrogens is 2. The van der Waals surface area contributed by atoms with Crippen molar-refractivity contribution in [1.82, 2.24) is 25.5 Å². The smallest absolute Gasteiger partial charge is 0.433 e. The molecule has 4 N–H and O–H groups in total. The first-order valence-corrected chi connectivity index (χ1v) is 12.6. The van der Waals surface area contributed by atoms with Crippen LogP contribution in [-0.2, 0) is 6.18 Å². The summed E-state index contributed by atoms with van der Waals surface area (Å²) in [5.41, 5.74) is 6.14. The van der Waals surface area contributed by atoms with Gasteiger partial charge in [0.2, 0.25) is 5.89 Å². The lowest BCUT2D eigenvalue weighted by Gasteiger charge is -2.34. The van der Waals surface area contributed by atoms with E-state index >= 15 is 0 Å². The summed E-state index contributed by atoms with van der Waals surface area (Å²) in [5.74, 6) is -0.0990. The maximum Gasteiger partial charge on any atom is 0.433 e. The van der Waals surface area contributed by atoms with Gasteiger partial charge in [-0.3, -0.25) is 4.79 Å². The van der Waals surface area contributed by atoms with Crippen molar-refractivity contribution >= 4 is 34.1 Å². The minimum Gasteiger partial charge on any atom is -0.494 e. The lowest BCUT2D eigenvalue weighted by Crippen LogP contribution is -2.49. The summed E-state index contributed by atoms with van der Waals surface area (Å²) >= 11 is 5.39. The quantitative estimate of drug-likeness (QED) is 0.372. The largest absolute Gasteiger partial charge is 0.494 e. The molecule has 1 atom stereocenters. The van der Waals surface area contributed by atoms with Crippen LogP contribution in [0, 0.1) is 0 Å². The Kier molecular flexibility index (Phi) is 8.12. The highest BCUT2D eigenvalue weighted by atomic mass is 32.1. The van der Waals surface area contributed by atoms with Crippen LogP contribution in [0.2, 0.25) is 0 Å². The Hall–Kier alpha value is -3.71. The van der Waals surface area contributed by atoms with E-state index in [1.807, 2.05) is 11.8 Å². The van der Waals surface area contributed by atoms with Crippen molar-refractivity contribution in [3.8, 4) is 17.2 Å². The van der Waals surface area contributed by atoms with Crippen LogP contribution < -0.4 is 21.1 Å². The number of fused-ring (bicyclic) bond motifs is 1. The van der Waals surface area contributed by atoms with Crippen molar-refractivity contribution in [2.75, 3.05) is 20.2 Å². The number of halogens is 3. The van der Waals surface area contributed by atoms with Gasteiger partial charge in [0, 0.05) is 35.8 Å². The zero-order valence-electron chi connectivity index (χ0n) is 21.7. The number of carbonyl (C=O) groups is 1. The third kappa shape index (κ3) is 6.14. The van der Waals surface area contributed by atoms with Crippen LogP contribution in [0.4, 0.5) is 13.2 Å². The average Bonchev–Trinajstić information content (AvgIpc) is 3.33. The zero-order chi connectivity index (χ0) is 28.5. The van der Waals surface area contributed by atoms with E-state index in [2.05, 4.69) is 27.2 Å². The number of rotatable bonds is 6. The van der Waals surface area contributed by atoms with Crippen molar-refractivity contribution in [2.24, 2.45) is 5.73 Å². The van der Waals surface area contributed by atoms with Crippen LogP contribution >= 0.6 is 12.2 Å². The molecule has 0 spiro atoms. The van der Waals surface area contributed by atoms with Gasteiger partial charge in [0.15, 0.2) is 16.6 Å². The maximum absolute atomic E-state index is 13.3. The highest BCUT2D eigenvalue weighted by Crippen LogP contribution is 2.37. The molecule has 39 heavy (non-hydrogen) atoms. The molecule has 4 rings (SSSR count). The zero-order valence-corrected chi connectivity index (χ0v) is 22.5. The van der Waals surface area contributed by atoms with Crippen molar-refractivity contribution in [3.05, 3.63) is 53.7 Å². The van der Waals surface area contributed by atoms with E-state index in [0.717, 1.165) is 11.8 Å². The number of piperidine rings is 1. The predicted molar refractivity (Wildman–Crippen MR) is 144 cm³/mol. The van der Waals surface area contributed by atoms with E-state index in [1.165, 1.54) is 19.2 Å². The second kappa shape index (κ2) is 11.2. The van der Waals surface area contributed by atoms with Gasteiger partial charge in [-0.15, -0.1) is 0 Å². The van der Waals surface area contributed by atoms with E-state index in [-0.39, 0.29) is 34.7 Å². The fourth-order valence-electron chi connectivity index (χ4n) is 4.36. The van der Waals surface area contributed by atoms with Gasteiger partial charge in [0.05, 0.1) is 13.2 Å². The summed E-state index contributed by atoms with van der Waals surface area (Å²) in [6.07, 6.45) is -3.30. The molecule has 9 nitrogen and oxygen atoms in total. The molecule has 0 bridgehead atoms. The summed E-state index contributed by atoms with van der Waals surface area (Å²) in [6, 6.07) is 4.43. The van der Waals surface area contributed by atoms with Crippen LogP contribution in [-0.4, -0.2) is 52.1 Å². The fourth-order valence-corrected chi connectivity index (χ4v) is 4.72. The van der Waals surface area contributed by atoms with Gasteiger partial charge in [-0.25, -0.2) is 9.97 Å². The van der Waals surface area contributed by atoms with E-state index in [4.69, 9.17) is 27.1 Å². The molecule has 1 fully saturated rings. The van der Waals surface area contributed by atoms with Gasteiger partial charge < -0.3 is 30.4 Å². The van der Waals surface area contributed by atoms with Gasteiger partial charge in [0.1, 0.15) is 17.0 Å². The number of nitrogens with one attached hydrogen (secondary N) is 2. The molecule has 1 aliphatic rings. The first-order chi connectivity index (χ1) is 18.4. The number of pyridine rings is 1. The molecule has 3 aromatic rings. The number of oxazole rings is 1. The normalized spacial score (nSPS) is 15.2. The van der Waals surface area contributed by atoms with Crippen molar-refractivity contribution < 1.29 is 27.1 Å². The number of methoxy groups -OCH3 is 1.